The fourth-order valence-corrected chi connectivity index (χ4v) is 2.18. The molecule has 0 saturated heterocycles. The van der Waals surface area contributed by atoms with Crippen LogP contribution in [0.15, 0.2) is 36.4 Å². The molecule has 2 heteroatoms. The molecule has 0 aromatic heterocycles. The molecule has 0 aliphatic carbocycles. The molecule has 0 atom stereocenters. The fourth-order valence-electron chi connectivity index (χ4n) is 2.18. The van der Waals surface area contributed by atoms with Crippen molar-refractivity contribution >= 4 is 16.8 Å². The minimum absolute atomic E-state index is 0.298. The van der Waals surface area contributed by atoms with Gasteiger partial charge in [0, 0.05) is 16.3 Å². The molecule has 0 amide bonds. The first-order chi connectivity index (χ1) is 8.07. The topological polar surface area (TPSA) is 29.5 Å². The lowest BCUT2D eigenvalue weighted by Crippen LogP contribution is -2.27. The van der Waals surface area contributed by atoms with E-state index in [1.54, 1.807) is 6.07 Å². The molecule has 0 radical (unpaired) electrons. The monoisotopic (exact) mass is 226 g/mol. The Kier molecular flexibility index (Phi) is 1.96. The second-order valence-corrected chi connectivity index (χ2v) is 4.90. The van der Waals surface area contributed by atoms with Gasteiger partial charge >= 0.3 is 0 Å². The molecule has 2 aromatic rings. The van der Waals surface area contributed by atoms with Crippen LogP contribution in [0.5, 0.6) is 11.5 Å². The van der Waals surface area contributed by atoms with E-state index in [0.29, 0.717) is 5.75 Å². The Morgan fingerprint density at radius 3 is 2.59 bits per heavy atom. The second-order valence-electron chi connectivity index (χ2n) is 4.90. The largest absolute Gasteiger partial charge is 0.507 e. The third-order valence-electron chi connectivity index (χ3n) is 3.03. The Morgan fingerprint density at radius 2 is 1.82 bits per heavy atom. The fraction of sp³-hybridized carbons (Fsp3) is 0.200. The Bertz CT molecular complexity index is 624. The van der Waals surface area contributed by atoms with Crippen LogP contribution in [0.1, 0.15) is 19.4 Å². The molecule has 1 N–H and O–H groups in total. The highest BCUT2D eigenvalue weighted by atomic mass is 16.5. The normalized spacial score (nSPS) is 16.6. The van der Waals surface area contributed by atoms with Gasteiger partial charge in [0.1, 0.15) is 17.1 Å². The summed E-state index contributed by atoms with van der Waals surface area (Å²) in [6, 6.07) is 9.50. The van der Waals surface area contributed by atoms with Gasteiger partial charge in [-0.1, -0.05) is 30.3 Å². The maximum absolute atomic E-state index is 9.97. The standard InChI is InChI=1S/C15H14O2/c1-15(2)8-7-10-9-13(16)11-5-3-4-6-12(11)14(10)17-15/h3-9,16H,1-2H3. The SMILES string of the molecule is CC1(C)C=Cc2cc(O)c3ccccc3c2O1. The van der Waals surface area contributed by atoms with E-state index >= 15 is 0 Å². The molecule has 1 heterocycles. The van der Waals surface area contributed by atoms with E-state index in [1.807, 2.05) is 50.3 Å². The maximum Gasteiger partial charge on any atom is 0.135 e. The van der Waals surface area contributed by atoms with Crippen molar-refractivity contribution in [3.05, 3.63) is 42.0 Å². The van der Waals surface area contributed by atoms with Gasteiger partial charge < -0.3 is 9.84 Å². The van der Waals surface area contributed by atoms with Crippen molar-refractivity contribution in [2.24, 2.45) is 0 Å². The minimum atomic E-state index is -0.299. The summed E-state index contributed by atoms with van der Waals surface area (Å²) in [6.07, 6.45) is 4.01. The summed E-state index contributed by atoms with van der Waals surface area (Å²) in [5.74, 6) is 1.15. The van der Waals surface area contributed by atoms with Gasteiger partial charge in [0.05, 0.1) is 0 Å². The third kappa shape index (κ3) is 1.57. The lowest BCUT2D eigenvalue weighted by atomic mass is 9.98. The molecule has 1 aliphatic heterocycles. The van der Waals surface area contributed by atoms with Crippen LogP contribution in [-0.2, 0) is 0 Å². The number of ether oxygens (including phenoxy) is 1. The quantitative estimate of drug-likeness (QED) is 0.741. The number of hydrogen-bond donors (Lipinski definition) is 1. The van der Waals surface area contributed by atoms with Crippen LogP contribution in [0.25, 0.3) is 16.8 Å². The summed E-state index contributed by atoms with van der Waals surface area (Å²) in [5, 5.41) is 11.8. The van der Waals surface area contributed by atoms with E-state index in [9.17, 15) is 5.11 Å². The van der Waals surface area contributed by atoms with E-state index in [-0.39, 0.29) is 5.60 Å². The first kappa shape index (κ1) is 10.2. The Balaban J connectivity index is 2.36. The number of fused-ring (bicyclic) bond motifs is 3. The van der Waals surface area contributed by atoms with Crippen molar-refractivity contribution < 1.29 is 9.84 Å². The maximum atomic E-state index is 9.97. The molecule has 17 heavy (non-hydrogen) atoms. The van der Waals surface area contributed by atoms with Crippen LogP contribution in [0.2, 0.25) is 0 Å². The third-order valence-corrected chi connectivity index (χ3v) is 3.03. The molecule has 2 aromatic carbocycles. The van der Waals surface area contributed by atoms with Gasteiger partial charge in [-0.2, -0.15) is 0 Å². The second kappa shape index (κ2) is 3.27. The van der Waals surface area contributed by atoms with Crippen LogP contribution >= 0.6 is 0 Å². The van der Waals surface area contributed by atoms with E-state index in [1.165, 1.54) is 0 Å². The van der Waals surface area contributed by atoms with Crippen LogP contribution < -0.4 is 4.74 Å². The molecule has 0 fully saturated rings. The zero-order valence-electron chi connectivity index (χ0n) is 9.90. The van der Waals surface area contributed by atoms with Crippen molar-refractivity contribution in [3.8, 4) is 11.5 Å². The lowest BCUT2D eigenvalue weighted by Gasteiger charge is -2.29. The highest BCUT2D eigenvalue weighted by Crippen LogP contribution is 2.41. The molecule has 0 bridgehead atoms. The smallest absolute Gasteiger partial charge is 0.135 e. The Morgan fingerprint density at radius 1 is 1.12 bits per heavy atom. The molecular weight excluding hydrogens is 212 g/mol. The summed E-state index contributed by atoms with van der Waals surface area (Å²) in [6.45, 7) is 4.04. The van der Waals surface area contributed by atoms with Gasteiger partial charge in [0.2, 0.25) is 0 Å². The van der Waals surface area contributed by atoms with Crippen molar-refractivity contribution in [1.29, 1.82) is 0 Å². The molecule has 2 nitrogen and oxygen atoms in total. The van der Waals surface area contributed by atoms with E-state index in [2.05, 4.69) is 0 Å². The highest BCUT2D eigenvalue weighted by Gasteiger charge is 2.24. The molecule has 3 rings (SSSR count). The van der Waals surface area contributed by atoms with Crippen molar-refractivity contribution in [2.45, 2.75) is 19.4 Å². The first-order valence-electron chi connectivity index (χ1n) is 5.70. The Labute approximate surface area is 100 Å². The van der Waals surface area contributed by atoms with Gasteiger partial charge in [-0.05, 0) is 26.0 Å². The summed E-state index contributed by atoms with van der Waals surface area (Å²) in [4.78, 5) is 0. The molecule has 1 aliphatic rings. The average molecular weight is 226 g/mol. The number of phenols is 1. The molecule has 0 saturated carbocycles. The first-order valence-corrected chi connectivity index (χ1v) is 5.70. The number of hydrogen-bond acceptors (Lipinski definition) is 2. The number of rotatable bonds is 0. The van der Waals surface area contributed by atoms with Crippen LogP contribution in [0.3, 0.4) is 0 Å². The van der Waals surface area contributed by atoms with Gasteiger partial charge in [0.15, 0.2) is 0 Å². The van der Waals surface area contributed by atoms with E-state index in [4.69, 9.17) is 4.74 Å². The van der Waals surface area contributed by atoms with Crippen molar-refractivity contribution in [1.82, 2.24) is 0 Å². The predicted octanol–water partition coefficient (Wildman–Crippen LogP) is 3.73. The average Bonchev–Trinajstić information content (AvgIpc) is 2.30. The van der Waals surface area contributed by atoms with Gasteiger partial charge in [-0.25, -0.2) is 0 Å². The van der Waals surface area contributed by atoms with Gasteiger partial charge in [0.25, 0.3) is 0 Å². The van der Waals surface area contributed by atoms with E-state index in [0.717, 1.165) is 22.1 Å². The zero-order valence-corrected chi connectivity index (χ0v) is 9.90. The van der Waals surface area contributed by atoms with Crippen LogP contribution in [0, 0.1) is 0 Å². The molecule has 0 unspecified atom stereocenters. The number of benzene rings is 2. The molecular formula is C15H14O2. The van der Waals surface area contributed by atoms with Crippen molar-refractivity contribution in [2.75, 3.05) is 0 Å². The summed E-state index contributed by atoms with van der Waals surface area (Å²) >= 11 is 0. The van der Waals surface area contributed by atoms with Crippen LogP contribution in [0.4, 0.5) is 0 Å². The lowest BCUT2D eigenvalue weighted by molar-refractivity contribution is 0.161. The number of aromatic hydroxyl groups is 1. The highest BCUT2D eigenvalue weighted by molar-refractivity contribution is 5.96. The number of phenolic OH excluding ortho intramolecular Hbond substituents is 1. The molecule has 86 valence electrons. The van der Waals surface area contributed by atoms with Gasteiger partial charge in [-0.3, -0.25) is 0 Å². The summed E-state index contributed by atoms with van der Waals surface area (Å²) < 4.78 is 5.99. The molecule has 0 spiro atoms. The zero-order chi connectivity index (χ0) is 12.0. The summed E-state index contributed by atoms with van der Waals surface area (Å²) in [5.41, 5.74) is 0.632. The van der Waals surface area contributed by atoms with Gasteiger partial charge in [-0.15, -0.1) is 0 Å². The van der Waals surface area contributed by atoms with Crippen LogP contribution in [-0.4, -0.2) is 10.7 Å². The van der Waals surface area contributed by atoms with E-state index < -0.39 is 0 Å². The minimum Gasteiger partial charge on any atom is -0.507 e. The van der Waals surface area contributed by atoms with Crippen molar-refractivity contribution in [3.63, 3.8) is 0 Å². The summed E-state index contributed by atoms with van der Waals surface area (Å²) in [7, 11) is 0. The predicted molar refractivity (Wildman–Crippen MR) is 69.4 cm³/mol. The Hall–Kier alpha value is -1.96.